The molecule has 0 fully saturated rings. The topological polar surface area (TPSA) is 47.6 Å². The predicted octanol–water partition coefficient (Wildman–Crippen LogP) is 6.14. The molecule has 0 atom stereocenters. The van der Waals surface area contributed by atoms with Crippen molar-refractivity contribution < 1.29 is 14.3 Å². The number of aryl methyl sites for hydroxylation is 2. The maximum atomic E-state index is 12.9. The molecule has 0 aliphatic carbocycles. The summed E-state index contributed by atoms with van der Waals surface area (Å²) >= 11 is 2.18. The minimum absolute atomic E-state index is 0.177. The van der Waals surface area contributed by atoms with Gasteiger partial charge in [0.05, 0.1) is 10.2 Å². The molecule has 0 radical (unpaired) electrons. The second kappa shape index (κ2) is 9.78. The lowest BCUT2D eigenvalue weighted by Crippen LogP contribution is -2.14. The van der Waals surface area contributed by atoms with Crippen molar-refractivity contribution in [2.45, 2.75) is 27.4 Å². The minimum atomic E-state index is -0.177. The smallest absolute Gasteiger partial charge is 0.255 e. The molecule has 29 heavy (non-hydrogen) atoms. The maximum Gasteiger partial charge on any atom is 0.255 e. The van der Waals surface area contributed by atoms with E-state index in [4.69, 9.17) is 9.47 Å². The average Bonchev–Trinajstić information content (AvgIpc) is 2.71. The average molecular weight is 501 g/mol. The van der Waals surface area contributed by atoms with Gasteiger partial charge in [-0.25, -0.2) is 0 Å². The summed E-state index contributed by atoms with van der Waals surface area (Å²) in [5, 5.41) is 3.01. The third-order valence-electron chi connectivity index (χ3n) is 4.44. The Kier molecular flexibility index (Phi) is 7.14. The fraction of sp³-hybridized carbons (Fsp3) is 0.208. The number of carbonyl (C=O) groups is 1. The Morgan fingerprint density at radius 2 is 1.76 bits per heavy atom. The molecule has 0 heterocycles. The van der Waals surface area contributed by atoms with Gasteiger partial charge in [-0.15, -0.1) is 0 Å². The molecule has 0 bridgehead atoms. The second-order valence-electron chi connectivity index (χ2n) is 6.77. The molecule has 3 aromatic rings. The molecule has 150 valence electrons. The number of carbonyl (C=O) groups excluding carboxylic acids is 1. The molecule has 0 aromatic heterocycles. The number of anilines is 1. The van der Waals surface area contributed by atoms with Gasteiger partial charge in [0, 0.05) is 11.3 Å². The molecule has 0 aliphatic rings. The Morgan fingerprint density at radius 3 is 2.48 bits per heavy atom. The van der Waals surface area contributed by atoms with Crippen LogP contribution in [0.1, 0.15) is 34.0 Å². The molecule has 0 aliphatic heterocycles. The normalized spacial score (nSPS) is 10.5. The van der Waals surface area contributed by atoms with Crippen LogP contribution in [-0.2, 0) is 6.61 Å². The lowest BCUT2D eigenvalue weighted by Gasteiger charge is -2.16. The van der Waals surface area contributed by atoms with Crippen LogP contribution >= 0.6 is 22.6 Å². The quantitative estimate of drug-likeness (QED) is 0.396. The van der Waals surface area contributed by atoms with Crippen molar-refractivity contribution in [2.75, 3.05) is 11.9 Å². The Hall–Kier alpha value is -2.54. The highest BCUT2D eigenvalue weighted by Crippen LogP contribution is 2.35. The van der Waals surface area contributed by atoms with Crippen molar-refractivity contribution in [1.82, 2.24) is 0 Å². The van der Waals surface area contributed by atoms with Gasteiger partial charge in [0.1, 0.15) is 6.61 Å². The van der Waals surface area contributed by atoms with Crippen molar-refractivity contribution in [2.24, 2.45) is 0 Å². The fourth-order valence-electron chi connectivity index (χ4n) is 2.89. The lowest BCUT2D eigenvalue weighted by molar-refractivity contribution is 0.102. The minimum Gasteiger partial charge on any atom is -0.489 e. The highest BCUT2D eigenvalue weighted by molar-refractivity contribution is 14.1. The summed E-state index contributed by atoms with van der Waals surface area (Å²) in [5.41, 5.74) is 4.51. The van der Waals surface area contributed by atoms with E-state index in [0.29, 0.717) is 30.3 Å². The van der Waals surface area contributed by atoms with Gasteiger partial charge in [-0.1, -0.05) is 42.5 Å². The van der Waals surface area contributed by atoms with Crippen molar-refractivity contribution in [3.05, 3.63) is 86.5 Å². The first kappa shape index (κ1) is 21.2. The number of halogens is 1. The SMILES string of the molecule is CCOc1c(I)cc(C(=O)Nc2cc(C)ccc2C)cc1OCc1ccccc1. The lowest BCUT2D eigenvalue weighted by atomic mass is 10.1. The van der Waals surface area contributed by atoms with Crippen LogP contribution in [0, 0.1) is 17.4 Å². The van der Waals surface area contributed by atoms with Gasteiger partial charge in [-0.3, -0.25) is 4.79 Å². The molecule has 0 unspecified atom stereocenters. The van der Waals surface area contributed by atoms with Crippen molar-refractivity contribution in [3.8, 4) is 11.5 Å². The maximum absolute atomic E-state index is 12.9. The van der Waals surface area contributed by atoms with Gasteiger partial charge in [-0.05, 0) is 78.3 Å². The zero-order valence-corrected chi connectivity index (χ0v) is 18.9. The van der Waals surface area contributed by atoms with E-state index in [1.807, 2.05) is 75.4 Å². The van der Waals surface area contributed by atoms with Crippen LogP contribution in [-0.4, -0.2) is 12.5 Å². The standard InChI is InChI=1S/C24H24INO3/c1-4-28-23-20(25)13-19(14-22(23)29-15-18-8-6-5-7-9-18)24(27)26-21-12-16(2)10-11-17(21)3/h5-14H,4,15H2,1-3H3,(H,26,27). The van der Waals surface area contributed by atoms with E-state index in [2.05, 4.69) is 27.9 Å². The number of hydrogen-bond donors (Lipinski definition) is 1. The van der Waals surface area contributed by atoms with Crippen molar-refractivity contribution in [3.63, 3.8) is 0 Å². The Labute approximate surface area is 185 Å². The molecule has 5 heteroatoms. The van der Waals surface area contributed by atoms with Crippen LogP contribution in [0.25, 0.3) is 0 Å². The van der Waals surface area contributed by atoms with Crippen LogP contribution in [0.5, 0.6) is 11.5 Å². The second-order valence-corrected chi connectivity index (χ2v) is 7.93. The third kappa shape index (κ3) is 5.50. The molecule has 1 N–H and O–H groups in total. The van der Waals surface area contributed by atoms with Crippen LogP contribution < -0.4 is 14.8 Å². The van der Waals surface area contributed by atoms with E-state index in [-0.39, 0.29) is 5.91 Å². The Morgan fingerprint density at radius 1 is 1.00 bits per heavy atom. The molecular weight excluding hydrogens is 477 g/mol. The van der Waals surface area contributed by atoms with Gasteiger partial charge in [0.2, 0.25) is 0 Å². The van der Waals surface area contributed by atoms with E-state index in [9.17, 15) is 4.79 Å². The first-order chi connectivity index (χ1) is 14.0. The van der Waals surface area contributed by atoms with E-state index in [1.165, 1.54) is 0 Å². The summed E-state index contributed by atoms with van der Waals surface area (Å²) in [6.07, 6.45) is 0. The summed E-state index contributed by atoms with van der Waals surface area (Å²) in [7, 11) is 0. The van der Waals surface area contributed by atoms with E-state index >= 15 is 0 Å². The monoisotopic (exact) mass is 501 g/mol. The van der Waals surface area contributed by atoms with E-state index in [0.717, 1.165) is 25.9 Å². The fourth-order valence-corrected chi connectivity index (χ4v) is 3.65. The largest absolute Gasteiger partial charge is 0.489 e. The molecular formula is C24H24INO3. The van der Waals surface area contributed by atoms with Gasteiger partial charge in [0.25, 0.3) is 5.91 Å². The van der Waals surface area contributed by atoms with Crippen LogP contribution in [0.4, 0.5) is 5.69 Å². The number of amides is 1. The van der Waals surface area contributed by atoms with Crippen molar-refractivity contribution in [1.29, 1.82) is 0 Å². The van der Waals surface area contributed by atoms with Crippen molar-refractivity contribution >= 4 is 34.2 Å². The third-order valence-corrected chi connectivity index (χ3v) is 5.24. The molecule has 0 spiro atoms. The number of nitrogens with one attached hydrogen (secondary N) is 1. The molecule has 4 nitrogen and oxygen atoms in total. The Bertz CT molecular complexity index is 1000. The first-order valence-corrected chi connectivity index (χ1v) is 10.6. The molecule has 0 saturated carbocycles. The van der Waals surface area contributed by atoms with E-state index < -0.39 is 0 Å². The summed E-state index contributed by atoms with van der Waals surface area (Å²) in [4.78, 5) is 12.9. The zero-order chi connectivity index (χ0) is 20.8. The summed E-state index contributed by atoms with van der Waals surface area (Å²) < 4.78 is 12.6. The zero-order valence-electron chi connectivity index (χ0n) is 16.8. The summed E-state index contributed by atoms with van der Waals surface area (Å²) in [6, 6.07) is 19.5. The summed E-state index contributed by atoms with van der Waals surface area (Å²) in [5.74, 6) is 1.05. The Balaban J connectivity index is 1.87. The van der Waals surface area contributed by atoms with Crippen LogP contribution in [0.2, 0.25) is 0 Å². The van der Waals surface area contributed by atoms with Gasteiger partial charge >= 0.3 is 0 Å². The van der Waals surface area contributed by atoms with E-state index in [1.54, 1.807) is 6.07 Å². The number of benzene rings is 3. The highest BCUT2D eigenvalue weighted by Gasteiger charge is 2.17. The van der Waals surface area contributed by atoms with Crippen LogP contribution in [0.3, 0.4) is 0 Å². The number of rotatable bonds is 7. The highest BCUT2D eigenvalue weighted by atomic mass is 127. The van der Waals surface area contributed by atoms with Gasteiger partial charge < -0.3 is 14.8 Å². The van der Waals surface area contributed by atoms with Gasteiger partial charge in [-0.2, -0.15) is 0 Å². The van der Waals surface area contributed by atoms with Gasteiger partial charge in [0.15, 0.2) is 11.5 Å². The number of ether oxygens (including phenoxy) is 2. The number of hydrogen-bond acceptors (Lipinski definition) is 3. The summed E-state index contributed by atoms with van der Waals surface area (Å²) in [6.45, 7) is 6.83. The molecule has 0 saturated heterocycles. The van der Waals surface area contributed by atoms with Crippen LogP contribution in [0.15, 0.2) is 60.7 Å². The molecule has 1 amide bonds. The predicted molar refractivity (Wildman–Crippen MR) is 125 cm³/mol. The first-order valence-electron chi connectivity index (χ1n) is 9.49. The molecule has 3 rings (SSSR count). The molecule has 3 aromatic carbocycles.